The summed E-state index contributed by atoms with van der Waals surface area (Å²) in [5.41, 5.74) is 4.36. The van der Waals surface area contributed by atoms with E-state index in [9.17, 15) is 19.5 Å². The van der Waals surface area contributed by atoms with Crippen molar-refractivity contribution in [1.82, 2.24) is 4.90 Å². The predicted molar refractivity (Wildman–Crippen MR) is 137 cm³/mol. The number of carboxylic acid groups (broad SMARTS) is 1. The standard InChI is InChI=1S/C28H29N3O4/c1-18(2)19-8-12-24(13-9-19)30-28(35)31-16-4-7-25(31)26(32)29-23-14-10-20(11-15-23)21-5-3-6-22(17-21)27(33)34/h3,5-6,8-15,17-18,25H,4,7,16H2,1-2H3,(H,29,32)(H,30,35)(H,33,34)/t25-/m0/s1. The van der Waals surface area contributed by atoms with Gasteiger partial charge in [-0.3, -0.25) is 4.79 Å². The minimum absolute atomic E-state index is 0.218. The molecular formula is C28H29N3O4. The molecule has 0 aliphatic carbocycles. The van der Waals surface area contributed by atoms with Crippen molar-refractivity contribution in [3.05, 3.63) is 83.9 Å². The zero-order valence-electron chi connectivity index (χ0n) is 19.8. The molecule has 0 saturated carbocycles. The molecule has 1 atom stereocenters. The average molecular weight is 472 g/mol. The first-order valence-electron chi connectivity index (χ1n) is 11.7. The van der Waals surface area contributed by atoms with Crippen molar-refractivity contribution in [3.63, 3.8) is 0 Å². The average Bonchev–Trinajstić information content (AvgIpc) is 3.35. The number of nitrogens with zero attached hydrogens (tertiary/aromatic N) is 1. The summed E-state index contributed by atoms with van der Waals surface area (Å²) in [6.45, 7) is 4.75. The van der Waals surface area contributed by atoms with Crippen LogP contribution in [0.15, 0.2) is 72.8 Å². The summed E-state index contributed by atoms with van der Waals surface area (Å²) in [6, 6.07) is 20.8. The number of carbonyl (C=O) groups excluding carboxylic acids is 2. The molecule has 3 aromatic rings. The second kappa shape index (κ2) is 10.4. The normalized spacial score (nSPS) is 15.2. The lowest BCUT2D eigenvalue weighted by atomic mass is 10.0. The van der Waals surface area contributed by atoms with Crippen LogP contribution in [0.25, 0.3) is 11.1 Å². The Labute approximate surface area is 204 Å². The number of carbonyl (C=O) groups is 3. The van der Waals surface area contributed by atoms with Crippen LogP contribution in [0.2, 0.25) is 0 Å². The molecule has 1 aliphatic heterocycles. The maximum absolute atomic E-state index is 13.0. The number of aromatic carboxylic acids is 1. The molecule has 0 radical (unpaired) electrons. The molecule has 3 N–H and O–H groups in total. The summed E-state index contributed by atoms with van der Waals surface area (Å²) < 4.78 is 0. The van der Waals surface area contributed by atoms with Crippen LogP contribution < -0.4 is 10.6 Å². The maximum Gasteiger partial charge on any atom is 0.335 e. The van der Waals surface area contributed by atoms with Gasteiger partial charge in [0, 0.05) is 17.9 Å². The third kappa shape index (κ3) is 5.69. The number of urea groups is 1. The maximum atomic E-state index is 13.0. The first-order chi connectivity index (χ1) is 16.8. The van der Waals surface area contributed by atoms with Crippen LogP contribution in [0.1, 0.15) is 48.5 Å². The van der Waals surface area contributed by atoms with E-state index in [1.807, 2.05) is 42.5 Å². The Hall–Kier alpha value is -4.13. The fourth-order valence-electron chi connectivity index (χ4n) is 4.23. The number of amides is 3. The molecule has 7 nitrogen and oxygen atoms in total. The Morgan fingerprint density at radius 1 is 0.886 bits per heavy atom. The van der Waals surface area contributed by atoms with Gasteiger partial charge < -0.3 is 20.6 Å². The summed E-state index contributed by atoms with van der Waals surface area (Å²) in [7, 11) is 0. The molecule has 35 heavy (non-hydrogen) atoms. The molecule has 3 aromatic carbocycles. The van der Waals surface area contributed by atoms with Crippen molar-refractivity contribution in [3.8, 4) is 11.1 Å². The van der Waals surface area contributed by atoms with Crippen molar-refractivity contribution in [2.45, 2.75) is 38.6 Å². The smallest absolute Gasteiger partial charge is 0.335 e. The molecule has 1 fully saturated rings. The van der Waals surface area contributed by atoms with Gasteiger partial charge in [-0.05, 0) is 71.8 Å². The lowest BCUT2D eigenvalue weighted by molar-refractivity contribution is -0.119. The summed E-state index contributed by atoms with van der Waals surface area (Å²) in [5.74, 6) is -0.794. The highest BCUT2D eigenvalue weighted by Crippen LogP contribution is 2.25. The fraction of sp³-hybridized carbons (Fsp3) is 0.250. The third-order valence-corrected chi connectivity index (χ3v) is 6.24. The zero-order valence-corrected chi connectivity index (χ0v) is 19.8. The van der Waals surface area contributed by atoms with Crippen LogP contribution in [-0.4, -0.2) is 40.5 Å². The molecule has 7 heteroatoms. The van der Waals surface area contributed by atoms with Gasteiger partial charge in [0.2, 0.25) is 5.91 Å². The molecule has 0 aromatic heterocycles. The van der Waals surface area contributed by atoms with Crippen LogP contribution in [0.5, 0.6) is 0 Å². The van der Waals surface area contributed by atoms with E-state index in [0.717, 1.165) is 17.5 Å². The van der Waals surface area contributed by atoms with Gasteiger partial charge >= 0.3 is 12.0 Å². The first-order valence-corrected chi connectivity index (χ1v) is 11.7. The Morgan fingerprint density at radius 2 is 1.54 bits per heavy atom. The van der Waals surface area contributed by atoms with E-state index in [0.29, 0.717) is 30.3 Å². The van der Waals surface area contributed by atoms with Crippen molar-refractivity contribution in [2.24, 2.45) is 0 Å². The van der Waals surface area contributed by atoms with Gasteiger partial charge in [-0.1, -0.05) is 50.2 Å². The highest BCUT2D eigenvalue weighted by Gasteiger charge is 2.34. The summed E-state index contributed by atoms with van der Waals surface area (Å²) in [6.07, 6.45) is 1.36. The summed E-state index contributed by atoms with van der Waals surface area (Å²) in [5, 5.41) is 15.0. The third-order valence-electron chi connectivity index (χ3n) is 6.24. The Balaban J connectivity index is 1.39. The highest BCUT2D eigenvalue weighted by molar-refractivity contribution is 5.99. The minimum Gasteiger partial charge on any atom is -0.478 e. The van der Waals surface area contributed by atoms with Crippen molar-refractivity contribution in [1.29, 1.82) is 0 Å². The van der Waals surface area contributed by atoms with Crippen molar-refractivity contribution >= 4 is 29.3 Å². The molecule has 1 aliphatic rings. The Morgan fingerprint density at radius 3 is 2.20 bits per heavy atom. The number of nitrogens with one attached hydrogen (secondary N) is 2. The van der Waals surface area contributed by atoms with Gasteiger partial charge in [-0.15, -0.1) is 0 Å². The van der Waals surface area contributed by atoms with Gasteiger partial charge in [0.1, 0.15) is 6.04 Å². The van der Waals surface area contributed by atoms with Crippen molar-refractivity contribution in [2.75, 3.05) is 17.2 Å². The molecule has 0 bridgehead atoms. The van der Waals surface area contributed by atoms with Crippen molar-refractivity contribution < 1.29 is 19.5 Å². The van der Waals surface area contributed by atoms with Crippen LogP contribution in [0, 0.1) is 0 Å². The number of benzene rings is 3. The van der Waals surface area contributed by atoms with Gasteiger partial charge in [0.15, 0.2) is 0 Å². The predicted octanol–water partition coefficient (Wildman–Crippen LogP) is 5.81. The second-order valence-corrected chi connectivity index (χ2v) is 9.01. The lowest BCUT2D eigenvalue weighted by Gasteiger charge is -2.24. The first kappa shape index (κ1) is 24.0. The van der Waals surface area contributed by atoms with Gasteiger partial charge in [0.25, 0.3) is 0 Å². The van der Waals surface area contributed by atoms with Crippen LogP contribution in [0.3, 0.4) is 0 Å². The quantitative estimate of drug-likeness (QED) is 0.422. The molecule has 1 saturated heterocycles. The molecule has 0 spiro atoms. The molecule has 1 heterocycles. The van der Waals surface area contributed by atoms with E-state index in [4.69, 9.17) is 0 Å². The van der Waals surface area contributed by atoms with Crippen LogP contribution in [0.4, 0.5) is 16.2 Å². The number of rotatable bonds is 6. The van der Waals surface area contributed by atoms with E-state index in [-0.39, 0.29) is 17.5 Å². The van der Waals surface area contributed by atoms with Gasteiger partial charge in [0.05, 0.1) is 5.56 Å². The molecule has 4 rings (SSSR count). The molecule has 3 amide bonds. The Kier molecular flexibility index (Phi) is 7.15. The topological polar surface area (TPSA) is 98.7 Å². The summed E-state index contributed by atoms with van der Waals surface area (Å²) >= 11 is 0. The molecule has 0 unspecified atom stereocenters. The lowest BCUT2D eigenvalue weighted by Crippen LogP contribution is -2.45. The number of anilines is 2. The van der Waals surface area contributed by atoms with Crippen LogP contribution in [-0.2, 0) is 4.79 Å². The number of likely N-dealkylation sites (tertiary alicyclic amines) is 1. The SMILES string of the molecule is CC(C)c1ccc(NC(=O)N2CCC[C@H]2C(=O)Nc2ccc(-c3cccc(C(=O)O)c3)cc2)cc1. The minimum atomic E-state index is -0.978. The van der Waals surface area contributed by atoms with Crippen LogP contribution >= 0.6 is 0 Å². The van der Waals surface area contributed by atoms with Gasteiger partial charge in [-0.2, -0.15) is 0 Å². The fourth-order valence-corrected chi connectivity index (χ4v) is 4.23. The Bertz CT molecular complexity index is 1220. The molecular weight excluding hydrogens is 442 g/mol. The summed E-state index contributed by atoms with van der Waals surface area (Å²) in [4.78, 5) is 38.7. The van der Waals surface area contributed by atoms with E-state index >= 15 is 0 Å². The largest absolute Gasteiger partial charge is 0.478 e. The number of carboxylic acids is 1. The van der Waals surface area contributed by atoms with E-state index in [1.165, 1.54) is 5.56 Å². The van der Waals surface area contributed by atoms with E-state index in [1.54, 1.807) is 35.2 Å². The number of hydrogen-bond donors (Lipinski definition) is 3. The highest BCUT2D eigenvalue weighted by atomic mass is 16.4. The van der Waals surface area contributed by atoms with Gasteiger partial charge in [-0.25, -0.2) is 9.59 Å². The zero-order chi connectivity index (χ0) is 24.9. The number of hydrogen-bond acceptors (Lipinski definition) is 3. The molecule has 180 valence electrons. The second-order valence-electron chi connectivity index (χ2n) is 9.01. The van der Waals surface area contributed by atoms with E-state index < -0.39 is 12.0 Å². The van der Waals surface area contributed by atoms with E-state index in [2.05, 4.69) is 24.5 Å². The monoisotopic (exact) mass is 471 g/mol.